The lowest BCUT2D eigenvalue weighted by Crippen LogP contribution is -2.58. The Kier molecular flexibility index (Phi) is 11.7. The molecule has 0 aliphatic carbocycles. The van der Waals surface area contributed by atoms with Crippen LogP contribution in [0, 0.1) is 5.92 Å². The van der Waals surface area contributed by atoms with Crippen LogP contribution in [0.1, 0.15) is 38.8 Å². The van der Waals surface area contributed by atoms with Crippen LogP contribution in [0.15, 0.2) is 12.5 Å². The molecule has 14 heteroatoms. The van der Waals surface area contributed by atoms with Crippen LogP contribution in [0.5, 0.6) is 0 Å². The Labute approximate surface area is 195 Å². The van der Waals surface area contributed by atoms with E-state index in [0.717, 1.165) is 0 Å². The van der Waals surface area contributed by atoms with Crippen molar-refractivity contribution in [1.29, 1.82) is 0 Å². The number of aliphatic carboxylic acids is 2. The molecule has 0 aliphatic rings. The molecule has 4 unspecified atom stereocenters. The summed E-state index contributed by atoms with van der Waals surface area (Å²) in [4.78, 5) is 66.8. The van der Waals surface area contributed by atoms with E-state index in [1.54, 1.807) is 0 Å². The highest BCUT2D eigenvalue weighted by Gasteiger charge is 2.31. The van der Waals surface area contributed by atoms with Crippen LogP contribution in [0.3, 0.4) is 0 Å². The van der Waals surface area contributed by atoms with Crippen molar-refractivity contribution in [1.82, 2.24) is 25.9 Å². The number of carboxylic acid groups (broad SMARTS) is 2. The largest absolute Gasteiger partial charge is 0.481 e. The van der Waals surface area contributed by atoms with Crippen LogP contribution in [0.4, 0.5) is 0 Å². The fourth-order valence-corrected chi connectivity index (χ4v) is 2.96. The first-order chi connectivity index (χ1) is 15.9. The van der Waals surface area contributed by atoms with E-state index in [1.165, 1.54) is 12.5 Å². The summed E-state index contributed by atoms with van der Waals surface area (Å²) in [5, 5.41) is 34.4. The zero-order chi connectivity index (χ0) is 25.8. The van der Waals surface area contributed by atoms with E-state index < -0.39 is 66.9 Å². The van der Waals surface area contributed by atoms with Crippen molar-refractivity contribution in [2.45, 2.75) is 63.7 Å². The van der Waals surface area contributed by atoms with Gasteiger partial charge in [0.2, 0.25) is 17.7 Å². The fourth-order valence-electron chi connectivity index (χ4n) is 2.96. The third-order valence-corrected chi connectivity index (χ3v) is 4.75. The average Bonchev–Trinajstić information content (AvgIpc) is 3.27. The van der Waals surface area contributed by atoms with Crippen molar-refractivity contribution in [2.24, 2.45) is 11.7 Å². The summed E-state index contributed by atoms with van der Waals surface area (Å²) in [7, 11) is 0. The van der Waals surface area contributed by atoms with Crippen LogP contribution in [-0.2, 0) is 30.4 Å². The molecule has 190 valence electrons. The van der Waals surface area contributed by atoms with Gasteiger partial charge in [-0.25, -0.2) is 9.78 Å². The van der Waals surface area contributed by atoms with Gasteiger partial charge in [0.25, 0.3) is 0 Å². The zero-order valence-electron chi connectivity index (χ0n) is 19.0. The summed E-state index contributed by atoms with van der Waals surface area (Å²) in [6.45, 7) is 3.00. The minimum absolute atomic E-state index is 0.0336. The molecule has 0 fully saturated rings. The third-order valence-electron chi connectivity index (χ3n) is 4.75. The average molecular weight is 485 g/mol. The maximum atomic E-state index is 13.0. The summed E-state index contributed by atoms with van der Waals surface area (Å²) >= 11 is 0. The molecular weight excluding hydrogens is 452 g/mol. The molecule has 34 heavy (non-hydrogen) atoms. The number of carboxylic acids is 2. The van der Waals surface area contributed by atoms with Crippen molar-refractivity contribution in [3.8, 4) is 0 Å². The maximum absolute atomic E-state index is 13.0. The number of aromatic amines is 1. The van der Waals surface area contributed by atoms with Gasteiger partial charge in [0.05, 0.1) is 12.9 Å². The lowest BCUT2D eigenvalue weighted by Gasteiger charge is -2.25. The summed E-state index contributed by atoms with van der Waals surface area (Å²) < 4.78 is 0. The molecule has 0 saturated carbocycles. The smallest absolute Gasteiger partial charge is 0.326 e. The predicted molar refractivity (Wildman–Crippen MR) is 117 cm³/mol. The molecule has 1 rings (SSSR count). The van der Waals surface area contributed by atoms with Gasteiger partial charge in [-0.2, -0.15) is 0 Å². The first-order valence-electron chi connectivity index (χ1n) is 10.6. The maximum Gasteiger partial charge on any atom is 0.326 e. The second kappa shape index (κ2) is 13.9. The number of hydrogen-bond donors (Lipinski definition) is 8. The normalized spacial score (nSPS) is 14.5. The first kappa shape index (κ1) is 28.5. The van der Waals surface area contributed by atoms with Crippen molar-refractivity contribution in [2.75, 3.05) is 6.61 Å². The quantitative estimate of drug-likeness (QED) is 0.133. The van der Waals surface area contributed by atoms with E-state index >= 15 is 0 Å². The highest BCUT2D eigenvalue weighted by Crippen LogP contribution is 2.08. The lowest BCUT2D eigenvalue weighted by molar-refractivity contribution is -0.143. The van der Waals surface area contributed by atoms with Crippen LogP contribution < -0.4 is 21.7 Å². The van der Waals surface area contributed by atoms with E-state index in [1.807, 2.05) is 13.8 Å². The Bertz CT molecular complexity index is 844. The third kappa shape index (κ3) is 9.95. The second-order valence-corrected chi connectivity index (χ2v) is 8.15. The Morgan fingerprint density at radius 3 is 2.09 bits per heavy atom. The number of rotatable bonds is 15. The number of aliphatic hydroxyl groups excluding tert-OH is 1. The molecule has 0 radical (unpaired) electrons. The number of nitrogens with one attached hydrogen (secondary N) is 4. The van der Waals surface area contributed by atoms with Gasteiger partial charge in [-0.15, -0.1) is 0 Å². The van der Waals surface area contributed by atoms with Gasteiger partial charge >= 0.3 is 11.9 Å². The number of aliphatic hydroxyl groups is 1. The van der Waals surface area contributed by atoms with E-state index in [2.05, 4.69) is 25.9 Å². The molecule has 4 atom stereocenters. The molecule has 1 heterocycles. The number of carbonyl (C=O) groups excluding carboxylic acids is 3. The standard InChI is InChI=1S/C20H32N6O8/c1-10(2)5-14(25-17(30)12(21)8-27)18(31)26-15(6-11-7-22-9-23-11)19(32)24-13(20(33)34)3-4-16(28)29/h7,9-10,12-15,27H,3-6,8,21H2,1-2H3,(H,22,23)(H,24,32)(H,25,30)(H,26,31)(H,28,29)(H,33,34). The van der Waals surface area contributed by atoms with Gasteiger partial charge in [0, 0.05) is 24.7 Å². The molecule has 0 spiro atoms. The van der Waals surface area contributed by atoms with Crippen molar-refractivity contribution < 1.29 is 39.3 Å². The number of amides is 3. The molecule has 1 aromatic rings. The molecule has 3 amide bonds. The highest BCUT2D eigenvalue weighted by molar-refractivity contribution is 5.94. The minimum atomic E-state index is -1.49. The van der Waals surface area contributed by atoms with Crippen LogP contribution >= 0.6 is 0 Å². The molecule has 0 bridgehead atoms. The van der Waals surface area contributed by atoms with Gasteiger partial charge in [-0.05, 0) is 18.8 Å². The Morgan fingerprint density at radius 1 is 1.00 bits per heavy atom. The Balaban J connectivity index is 3.05. The minimum Gasteiger partial charge on any atom is -0.481 e. The van der Waals surface area contributed by atoms with Gasteiger partial charge in [0.1, 0.15) is 24.2 Å². The number of nitrogens with zero attached hydrogens (tertiary/aromatic N) is 1. The Hall–Kier alpha value is -3.52. The lowest BCUT2D eigenvalue weighted by atomic mass is 10.0. The Morgan fingerprint density at radius 2 is 1.59 bits per heavy atom. The summed E-state index contributed by atoms with van der Waals surface area (Å²) in [5.41, 5.74) is 5.96. The molecule has 0 aliphatic heterocycles. The van der Waals surface area contributed by atoms with Crippen LogP contribution in [-0.4, -0.2) is 85.7 Å². The predicted octanol–water partition coefficient (Wildman–Crippen LogP) is -2.28. The van der Waals surface area contributed by atoms with Crippen LogP contribution in [0.25, 0.3) is 0 Å². The fraction of sp³-hybridized carbons (Fsp3) is 0.600. The molecule has 0 saturated heterocycles. The topological polar surface area (TPSA) is 237 Å². The number of carbonyl (C=O) groups is 5. The highest BCUT2D eigenvalue weighted by atomic mass is 16.4. The zero-order valence-corrected chi connectivity index (χ0v) is 19.0. The molecule has 9 N–H and O–H groups in total. The summed E-state index contributed by atoms with van der Waals surface area (Å²) in [5.74, 6) is -5.02. The molecular formula is C20H32N6O8. The summed E-state index contributed by atoms with van der Waals surface area (Å²) in [6, 6.07) is -5.07. The van der Waals surface area contributed by atoms with Crippen molar-refractivity contribution in [3.05, 3.63) is 18.2 Å². The van der Waals surface area contributed by atoms with E-state index in [9.17, 15) is 29.1 Å². The molecule has 1 aromatic heterocycles. The number of nitrogens with two attached hydrogens (primary N) is 1. The number of aromatic nitrogens is 2. The monoisotopic (exact) mass is 484 g/mol. The van der Waals surface area contributed by atoms with Crippen molar-refractivity contribution >= 4 is 29.7 Å². The molecule has 14 nitrogen and oxygen atoms in total. The van der Waals surface area contributed by atoms with Gasteiger partial charge < -0.3 is 42.0 Å². The number of H-pyrrole nitrogens is 1. The van der Waals surface area contributed by atoms with Gasteiger partial charge in [-0.3, -0.25) is 19.2 Å². The first-order valence-corrected chi connectivity index (χ1v) is 10.6. The second-order valence-electron chi connectivity index (χ2n) is 8.15. The van der Waals surface area contributed by atoms with Crippen molar-refractivity contribution in [3.63, 3.8) is 0 Å². The van der Waals surface area contributed by atoms with E-state index in [0.29, 0.717) is 5.69 Å². The van der Waals surface area contributed by atoms with E-state index in [-0.39, 0.29) is 25.2 Å². The molecule has 0 aromatic carbocycles. The van der Waals surface area contributed by atoms with E-state index in [4.69, 9.17) is 15.9 Å². The number of imidazole rings is 1. The number of hydrogen-bond acceptors (Lipinski definition) is 8. The van der Waals surface area contributed by atoms with Crippen LogP contribution in [0.2, 0.25) is 0 Å². The van der Waals surface area contributed by atoms with Gasteiger partial charge in [-0.1, -0.05) is 13.8 Å². The summed E-state index contributed by atoms with van der Waals surface area (Å²) in [6.07, 6.45) is 2.05. The SMILES string of the molecule is CC(C)CC(NC(=O)C(N)CO)C(=O)NC(Cc1cnc[nH]1)C(=O)NC(CCC(=O)O)C(=O)O. The van der Waals surface area contributed by atoms with Gasteiger partial charge in [0.15, 0.2) is 0 Å².